The summed E-state index contributed by atoms with van der Waals surface area (Å²) in [5.74, 6) is -0.254. The number of hydrogen-bond acceptors (Lipinski definition) is 4. The van der Waals surface area contributed by atoms with Crippen molar-refractivity contribution in [3.05, 3.63) is 65.7 Å². The molecule has 6 nitrogen and oxygen atoms in total. The molecule has 0 aromatic heterocycles. The molecule has 0 radical (unpaired) electrons. The number of primary amides is 1. The summed E-state index contributed by atoms with van der Waals surface area (Å²) in [5, 5.41) is 0. The van der Waals surface area contributed by atoms with E-state index in [1.807, 2.05) is 30.3 Å². The molecular weight excluding hydrogens is 318 g/mol. The zero-order chi connectivity index (χ0) is 18.1. The van der Waals surface area contributed by atoms with Crippen LogP contribution in [0.3, 0.4) is 0 Å². The van der Waals surface area contributed by atoms with Gasteiger partial charge in [-0.1, -0.05) is 36.4 Å². The van der Waals surface area contributed by atoms with E-state index in [4.69, 9.17) is 16.2 Å². The normalized spacial score (nSPS) is 10.3. The molecule has 0 saturated carbocycles. The Morgan fingerprint density at radius 3 is 2.44 bits per heavy atom. The zero-order valence-corrected chi connectivity index (χ0v) is 14.1. The van der Waals surface area contributed by atoms with Crippen molar-refractivity contribution in [2.45, 2.75) is 6.42 Å². The van der Waals surface area contributed by atoms with Crippen LogP contribution in [0.25, 0.3) is 0 Å². The molecule has 4 N–H and O–H groups in total. The van der Waals surface area contributed by atoms with Crippen molar-refractivity contribution >= 4 is 11.8 Å². The van der Waals surface area contributed by atoms with Crippen LogP contribution in [0.4, 0.5) is 0 Å². The molecule has 6 heteroatoms. The van der Waals surface area contributed by atoms with E-state index >= 15 is 0 Å². The van der Waals surface area contributed by atoms with Gasteiger partial charge in [0.05, 0.1) is 0 Å². The first kappa shape index (κ1) is 18.5. The Morgan fingerprint density at radius 2 is 1.76 bits per heavy atom. The van der Waals surface area contributed by atoms with Gasteiger partial charge in [0, 0.05) is 25.2 Å². The van der Waals surface area contributed by atoms with Gasteiger partial charge in [0.1, 0.15) is 5.75 Å². The van der Waals surface area contributed by atoms with E-state index in [2.05, 4.69) is 0 Å². The molecule has 0 aliphatic carbocycles. The molecule has 2 amide bonds. The highest BCUT2D eigenvalue weighted by Crippen LogP contribution is 2.15. The Balaban J connectivity index is 2.05. The number of rotatable bonds is 9. The lowest BCUT2D eigenvalue weighted by molar-refractivity contribution is -0.119. The average Bonchev–Trinajstić information content (AvgIpc) is 2.64. The molecule has 0 aliphatic rings. The fourth-order valence-electron chi connectivity index (χ4n) is 2.44. The fraction of sp³-hybridized carbons (Fsp3) is 0.263. The van der Waals surface area contributed by atoms with Gasteiger partial charge in [-0.15, -0.1) is 0 Å². The Hall–Kier alpha value is -2.86. The van der Waals surface area contributed by atoms with Crippen LogP contribution in [0.2, 0.25) is 0 Å². The van der Waals surface area contributed by atoms with E-state index in [0.29, 0.717) is 30.9 Å². The standard InChI is InChI=1S/C19H23N3O3/c20-10-12-22(11-9-15-5-2-1-3-6-15)19(24)16-7-4-8-17(13-16)25-14-18(21)23/h1-8,13H,9-12,14,20H2,(H2,21,23). The lowest BCUT2D eigenvalue weighted by Gasteiger charge is -2.22. The number of amides is 2. The van der Waals surface area contributed by atoms with Crippen molar-refractivity contribution in [1.29, 1.82) is 0 Å². The summed E-state index contributed by atoms with van der Waals surface area (Å²) in [5.41, 5.74) is 12.4. The molecule has 0 saturated heterocycles. The summed E-state index contributed by atoms with van der Waals surface area (Å²) in [6.45, 7) is 1.21. The van der Waals surface area contributed by atoms with E-state index in [1.165, 1.54) is 0 Å². The van der Waals surface area contributed by atoms with Crippen LogP contribution in [0, 0.1) is 0 Å². The molecule has 0 unspecified atom stereocenters. The fourth-order valence-corrected chi connectivity index (χ4v) is 2.44. The minimum atomic E-state index is -0.565. The maximum absolute atomic E-state index is 12.8. The van der Waals surface area contributed by atoms with Crippen molar-refractivity contribution in [3.8, 4) is 5.75 Å². The molecule has 0 heterocycles. The van der Waals surface area contributed by atoms with Crippen molar-refractivity contribution in [2.75, 3.05) is 26.2 Å². The first-order chi connectivity index (χ1) is 12.1. The average molecular weight is 341 g/mol. The Labute approximate surface area is 147 Å². The number of benzene rings is 2. The van der Waals surface area contributed by atoms with Crippen molar-refractivity contribution < 1.29 is 14.3 Å². The van der Waals surface area contributed by atoms with Gasteiger partial charge in [-0.05, 0) is 30.2 Å². The van der Waals surface area contributed by atoms with Crippen LogP contribution in [0.15, 0.2) is 54.6 Å². The predicted octanol–water partition coefficient (Wildman–Crippen LogP) is 1.19. The largest absolute Gasteiger partial charge is 0.484 e. The second-order valence-corrected chi connectivity index (χ2v) is 5.60. The number of hydrogen-bond donors (Lipinski definition) is 2. The Kier molecular flexibility index (Phi) is 6.98. The summed E-state index contributed by atoms with van der Waals surface area (Å²) >= 11 is 0. The molecule has 0 atom stereocenters. The SMILES string of the molecule is NCCN(CCc1ccccc1)C(=O)c1cccc(OCC(N)=O)c1. The van der Waals surface area contributed by atoms with Gasteiger partial charge in [0.15, 0.2) is 6.61 Å². The number of carbonyl (C=O) groups is 2. The molecule has 2 rings (SSSR count). The lowest BCUT2D eigenvalue weighted by Crippen LogP contribution is -2.37. The summed E-state index contributed by atoms with van der Waals surface area (Å²) in [7, 11) is 0. The monoisotopic (exact) mass is 341 g/mol. The van der Waals surface area contributed by atoms with Crippen molar-refractivity contribution in [3.63, 3.8) is 0 Å². The molecule has 132 valence electrons. The van der Waals surface area contributed by atoms with Crippen molar-refractivity contribution in [2.24, 2.45) is 11.5 Å². The second-order valence-electron chi connectivity index (χ2n) is 5.60. The van der Waals surface area contributed by atoms with Crippen LogP contribution >= 0.6 is 0 Å². The van der Waals surface area contributed by atoms with Crippen LogP contribution in [0.1, 0.15) is 15.9 Å². The first-order valence-corrected chi connectivity index (χ1v) is 8.14. The third kappa shape index (κ3) is 5.93. The number of carbonyl (C=O) groups excluding carboxylic acids is 2. The Bertz CT molecular complexity index is 704. The van der Waals surface area contributed by atoms with E-state index in [1.54, 1.807) is 29.2 Å². The molecule has 0 bridgehead atoms. The number of nitrogens with two attached hydrogens (primary N) is 2. The van der Waals surface area contributed by atoms with E-state index in [-0.39, 0.29) is 12.5 Å². The summed E-state index contributed by atoms with van der Waals surface area (Å²) in [6, 6.07) is 16.7. The van der Waals surface area contributed by atoms with Crippen LogP contribution in [0.5, 0.6) is 5.75 Å². The summed E-state index contributed by atoms with van der Waals surface area (Å²) < 4.78 is 5.26. The van der Waals surface area contributed by atoms with Gasteiger partial charge in [-0.2, -0.15) is 0 Å². The van der Waals surface area contributed by atoms with Crippen LogP contribution in [-0.4, -0.2) is 43.0 Å². The predicted molar refractivity (Wildman–Crippen MR) is 96.2 cm³/mol. The topological polar surface area (TPSA) is 98.7 Å². The quantitative estimate of drug-likeness (QED) is 0.716. The van der Waals surface area contributed by atoms with E-state index in [0.717, 1.165) is 12.0 Å². The first-order valence-electron chi connectivity index (χ1n) is 8.14. The molecule has 0 spiro atoms. The van der Waals surface area contributed by atoms with E-state index in [9.17, 15) is 9.59 Å². The molecule has 0 aliphatic heterocycles. The van der Waals surface area contributed by atoms with E-state index < -0.39 is 5.91 Å². The van der Waals surface area contributed by atoms with Gasteiger partial charge in [0.2, 0.25) is 0 Å². The highest BCUT2D eigenvalue weighted by molar-refractivity contribution is 5.94. The number of ether oxygens (including phenoxy) is 1. The molecule has 25 heavy (non-hydrogen) atoms. The van der Waals surface area contributed by atoms with Crippen LogP contribution in [-0.2, 0) is 11.2 Å². The van der Waals surface area contributed by atoms with Gasteiger partial charge in [-0.25, -0.2) is 0 Å². The minimum Gasteiger partial charge on any atom is -0.484 e. The minimum absolute atomic E-state index is 0.120. The lowest BCUT2D eigenvalue weighted by atomic mass is 10.1. The van der Waals surface area contributed by atoms with Crippen LogP contribution < -0.4 is 16.2 Å². The van der Waals surface area contributed by atoms with Crippen molar-refractivity contribution in [1.82, 2.24) is 4.90 Å². The summed E-state index contributed by atoms with van der Waals surface area (Å²) in [4.78, 5) is 25.3. The Morgan fingerprint density at radius 1 is 1.00 bits per heavy atom. The zero-order valence-electron chi connectivity index (χ0n) is 14.1. The van der Waals surface area contributed by atoms with Gasteiger partial charge < -0.3 is 21.1 Å². The smallest absolute Gasteiger partial charge is 0.255 e. The second kappa shape index (κ2) is 9.44. The highest BCUT2D eigenvalue weighted by atomic mass is 16.5. The molecule has 0 fully saturated rings. The molecule has 2 aromatic rings. The molecule has 2 aromatic carbocycles. The maximum atomic E-state index is 12.8. The van der Waals surface area contributed by atoms with Gasteiger partial charge in [0.25, 0.3) is 11.8 Å². The van der Waals surface area contributed by atoms with Gasteiger partial charge in [-0.3, -0.25) is 9.59 Å². The molecular formula is C19H23N3O3. The van der Waals surface area contributed by atoms with Gasteiger partial charge >= 0.3 is 0 Å². The number of nitrogens with zero attached hydrogens (tertiary/aromatic N) is 1. The third-order valence-corrected chi connectivity index (χ3v) is 3.66. The third-order valence-electron chi connectivity index (χ3n) is 3.66. The highest BCUT2D eigenvalue weighted by Gasteiger charge is 2.16. The summed E-state index contributed by atoms with van der Waals surface area (Å²) in [6.07, 6.45) is 0.754. The maximum Gasteiger partial charge on any atom is 0.255 e.